The Morgan fingerprint density at radius 3 is 2.60 bits per heavy atom. The molecule has 3 nitrogen and oxygen atoms in total. The minimum Gasteiger partial charge on any atom is -0.442 e. The molecule has 15 heavy (non-hydrogen) atoms. The summed E-state index contributed by atoms with van der Waals surface area (Å²) in [6, 6.07) is 8.05. The predicted octanol–water partition coefficient (Wildman–Crippen LogP) is 2.72. The van der Waals surface area contributed by atoms with E-state index in [1.54, 1.807) is 0 Å². The summed E-state index contributed by atoms with van der Waals surface area (Å²) in [6.45, 7) is 2.11. The van der Waals surface area contributed by atoms with Gasteiger partial charge in [-0.1, -0.05) is 31.2 Å². The lowest BCUT2D eigenvalue weighted by Gasteiger charge is -1.97. The maximum Gasteiger partial charge on any atom is 0.260 e. The van der Waals surface area contributed by atoms with Gasteiger partial charge < -0.3 is 4.42 Å². The van der Waals surface area contributed by atoms with Crippen molar-refractivity contribution in [2.24, 2.45) is 0 Å². The van der Waals surface area contributed by atoms with Gasteiger partial charge in [0.1, 0.15) is 12.0 Å². The third-order valence-electron chi connectivity index (χ3n) is 2.28. The van der Waals surface area contributed by atoms with E-state index >= 15 is 0 Å². The third-order valence-corrected chi connectivity index (χ3v) is 2.28. The second-order valence-corrected chi connectivity index (χ2v) is 3.24. The number of carbonyl (C=O) groups is 1. The largest absolute Gasteiger partial charge is 0.442 e. The summed E-state index contributed by atoms with van der Waals surface area (Å²) in [6.07, 6.45) is 3.10. The zero-order chi connectivity index (χ0) is 10.7. The van der Waals surface area contributed by atoms with E-state index in [9.17, 15) is 4.79 Å². The molecule has 0 atom stereocenters. The summed E-state index contributed by atoms with van der Waals surface area (Å²) in [7, 11) is 0. The van der Waals surface area contributed by atoms with Gasteiger partial charge in [-0.2, -0.15) is 0 Å². The molecule has 0 radical (unpaired) electrons. The van der Waals surface area contributed by atoms with E-state index in [2.05, 4.69) is 11.9 Å². The molecular weight excluding hydrogens is 190 g/mol. The van der Waals surface area contributed by atoms with Crippen molar-refractivity contribution in [3.63, 3.8) is 0 Å². The van der Waals surface area contributed by atoms with Crippen molar-refractivity contribution in [2.45, 2.75) is 13.3 Å². The van der Waals surface area contributed by atoms with Crippen molar-refractivity contribution in [3.05, 3.63) is 42.0 Å². The van der Waals surface area contributed by atoms with Crippen LogP contribution in [0.5, 0.6) is 0 Å². The maximum atomic E-state index is 10.4. The Bertz CT molecular complexity index is 457. The lowest BCUT2D eigenvalue weighted by molar-refractivity contribution is 0.109. The standard InChI is InChI=1S/C12H11NO2/c1-2-9-3-5-10(6-4-9)11-8-15-12(7-14)13-11/h3-8H,2H2,1H3. The molecule has 0 saturated carbocycles. The van der Waals surface area contributed by atoms with Crippen LogP contribution in [-0.2, 0) is 6.42 Å². The van der Waals surface area contributed by atoms with Gasteiger partial charge in [0.25, 0.3) is 5.89 Å². The highest BCUT2D eigenvalue weighted by atomic mass is 16.3. The van der Waals surface area contributed by atoms with E-state index in [0.29, 0.717) is 12.0 Å². The molecule has 0 fully saturated rings. The molecule has 0 aliphatic heterocycles. The van der Waals surface area contributed by atoms with Crippen molar-refractivity contribution in [1.82, 2.24) is 4.98 Å². The molecule has 2 aromatic rings. The molecule has 3 heteroatoms. The first-order chi connectivity index (χ1) is 7.33. The fourth-order valence-corrected chi connectivity index (χ4v) is 1.39. The summed E-state index contributed by atoms with van der Waals surface area (Å²) in [5.74, 6) is 0.115. The number of oxazole rings is 1. The van der Waals surface area contributed by atoms with Crippen molar-refractivity contribution in [1.29, 1.82) is 0 Å². The van der Waals surface area contributed by atoms with E-state index < -0.39 is 0 Å². The van der Waals surface area contributed by atoms with Gasteiger partial charge in [-0.15, -0.1) is 0 Å². The Labute approximate surface area is 87.8 Å². The predicted molar refractivity (Wildman–Crippen MR) is 56.7 cm³/mol. The summed E-state index contributed by atoms with van der Waals surface area (Å²) in [5, 5.41) is 0. The van der Waals surface area contributed by atoms with E-state index in [1.165, 1.54) is 11.8 Å². The Morgan fingerprint density at radius 2 is 2.07 bits per heavy atom. The lowest BCUT2D eigenvalue weighted by Crippen LogP contribution is -1.82. The lowest BCUT2D eigenvalue weighted by atomic mass is 10.1. The minimum absolute atomic E-state index is 0.115. The number of hydrogen-bond acceptors (Lipinski definition) is 3. The Morgan fingerprint density at radius 1 is 1.33 bits per heavy atom. The summed E-state index contributed by atoms with van der Waals surface area (Å²) in [4.78, 5) is 14.4. The fraction of sp³-hybridized carbons (Fsp3) is 0.167. The molecule has 0 N–H and O–H groups in total. The second-order valence-electron chi connectivity index (χ2n) is 3.24. The topological polar surface area (TPSA) is 43.1 Å². The average molecular weight is 201 g/mol. The van der Waals surface area contributed by atoms with Crippen LogP contribution >= 0.6 is 0 Å². The van der Waals surface area contributed by atoms with Crippen LogP contribution in [0, 0.1) is 0 Å². The number of nitrogens with zero attached hydrogens (tertiary/aromatic N) is 1. The number of hydrogen-bond donors (Lipinski definition) is 0. The van der Waals surface area contributed by atoms with E-state index in [1.807, 2.05) is 24.3 Å². The van der Waals surface area contributed by atoms with Gasteiger partial charge in [-0.25, -0.2) is 4.98 Å². The van der Waals surface area contributed by atoms with E-state index in [-0.39, 0.29) is 5.89 Å². The first-order valence-electron chi connectivity index (χ1n) is 4.83. The van der Waals surface area contributed by atoms with Gasteiger partial charge in [-0.05, 0) is 12.0 Å². The Hall–Kier alpha value is -1.90. The molecule has 0 aliphatic carbocycles. The molecule has 0 unspecified atom stereocenters. The second kappa shape index (κ2) is 4.09. The van der Waals surface area contributed by atoms with Crippen molar-refractivity contribution in [2.75, 3.05) is 0 Å². The molecule has 1 heterocycles. The third kappa shape index (κ3) is 1.96. The molecule has 0 saturated heterocycles. The molecular formula is C12H11NO2. The number of aromatic nitrogens is 1. The van der Waals surface area contributed by atoms with Crippen LogP contribution in [0.25, 0.3) is 11.3 Å². The van der Waals surface area contributed by atoms with Gasteiger partial charge >= 0.3 is 0 Å². The van der Waals surface area contributed by atoms with Crippen LogP contribution in [0.1, 0.15) is 23.2 Å². The number of aldehydes is 1. The van der Waals surface area contributed by atoms with Crippen molar-refractivity contribution >= 4 is 6.29 Å². The Balaban J connectivity index is 2.32. The summed E-state index contributed by atoms with van der Waals surface area (Å²) < 4.78 is 4.95. The van der Waals surface area contributed by atoms with Gasteiger partial charge in [0.2, 0.25) is 6.29 Å². The zero-order valence-corrected chi connectivity index (χ0v) is 8.43. The Kier molecular flexibility index (Phi) is 2.63. The molecule has 1 aromatic heterocycles. The number of aryl methyl sites for hydroxylation is 1. The van der Waals surface area contributed by atoms with Crippen molar-refractivity contribution in [3.8, 4) is 11.3 Å². The van der Waals surface area contributed by atoms with Crippen molar-refractivity contribution < 1.29 is 9.21 Å². The van der Waals surface area contributed by atoms with Crippen LogP contribution in [0.2, 0.25) is 0 Å². The van der Waals surface area contributed by atoms with Crippen LogP contribution in [0.15, 0.2) is 34.9 Å². The molecule has 2 rings (SSSR count). The molecule has 76 valence electrons. The molecule has 0 bridgehead atoms. The van der Waals surface area contributed by atoms with Crippen LogP contribution in [-0.4, -0.2) is 11.3 Å². The van der Waals surface area contributed by atoms with Crippen LogP contribution < -0.4 is 0 Å². The first-order valence-corrected chi connectivity index (χ1v) is 4.83. The first kappa shape index (κ1) is 9.65. The fourth-order valence-electron chi connectivity index (χ4n) is 1.39. The number of carbonyl (C=O) groups excluding carboxylic acids is 1. The van der Waals surface area contributed by atoms with Gasteiger partial charge in [-0.3, -0.25) is 4.79 Å². The maximum absolute atomic E-state index is 10.4. The molecule has 0 amide bonds. The molecule has 0 aliphatic rings. The highest BCUT2D eigenvalue weighted by Crippen LogP contribution is 2.18. The number of rotatable bonds is 3. The van der Waals surface area contributed by atoms with Gasteiger partial charge in [0, 0.05) is 5.56 Å². The molecule has 0 spiro atoms. The molecule has 1 aromatic carbocycles. The monoisotopic (exact) mass is 201 g/mol. The summed E-state index contributed by atoms with van der Waals surface area (Å²) in [5.41, 5.74) is 2.93. The van der Waals surface area contributed by atoms with Gasteiger partial charge in [0.05, 0.1) is 0 Å². The smallest absolute Gasteiger partial charge is 0.260 e. The van der Waals surface area contributed by atoms with Crippen LogP contribution in [0.4, 0.5) is 0 Å². The zero-order valence-electron chi connectivity index (χ0n) is 8.43. The van der Waals surface area contributed by atoms with Gasteiger partial charge in [0.15, 0.2) is 0 Å². The highest BCUT2D eigenvalue weighted by molar-refractivity contribution is 5.70. The SMILES string of the molecule is CCc1ccc(-c2coc(C=O)n2)cc1. The average Bonchev–Trinajstić information content (AvgIpc) is 2.78. The minimum atomic E-state index is 0.115. The van der Waals surface area contributed by atoms with E-state index in [4.69, 9.17) is 4.42 Å². The quantitative estimate of drug-likeness (QED) is 0.717. The van der Waals surface area contributed by atoms with E-state index in [0.717, 1.165) is 12.0 Å². The number of benzene rings is 1. The highest BCUT2D eigenvalue weighted by Gasteiger charge is 2.04. The normalized spacial score (nSPS) is 10.2. The van der Waals surface area contributed by atoms with Crippen LogP contribution in [0.3, 0.4) is 0 Å². The summed E-state index contributed by atoms with van der Waals surface area (Å²) >= 11 is 0.